The summed E-state index contributed by atoms with van der Waals surface area (Å²) in [5.74, 6) is -0.0848. The average Bonchev–Trinajstić information content (AvgIpc) is 3.29. The molecule has 1 saturated heterocycles. The summed E-state index contributed by atoms with van der Waals surface area (Å²) in [5.41, 5.74) is 1.84. The van der Waals surface area contributed by atoms with Crippen LogP contribution in [0.15, 0.2) is 70.0 Å². The van der Waals surface area contributed by atoms with Crippen LogP contribution in [0.25, 0.3) is 17.4 Å². The van der Waals surface area contributed by atoms with Crippen molar-refractivity contribution in [1.29, 1.82) is 0 Å². The van der Waals surface area contributed by atoms with E-state index in [1.165, 1.54) is 28.8 Å². The number of halogens is 1. The van der Waals surface area contributed by atoms with Crippen molar-refractivity contribution in [3.63, 3.8) is 0 Å². The van der Waals surface area contributed by atoms with Crippen LogP contribution in [0.5, 0.6) is 0 Å². The summed E-state index contributed by atoms with van der Waals surface area (Å²) in [6, 6.07) is 17.2. The lowest BCUT2D eigenvalue weighted by Gasteiger charge is -2.14. The maximum Gasteiger partial charge on any atom is 0.335 e. The zero-order valence-electron chi connectivity index (χ0n) is 15.4. The van der Waals surface area contributed by atoms with Gasteiger partial charge in [-0.1, -0.05) is 59.8 Å². The number of benzene rings is 2. The molecule has 150 valence electrons. The van der Waals surface area contributed by atoms with Gasteiger partial charge < -0.3 is 9.52 Å². The number of carbonyl (C=O) groups excluding carboxylic acids is 1. The van der Waals surface area contributed by atoms with Crippen molar-refractivity contribution >= 4 is 57.9 Å². The number of furan rings is 1. The van der Waals surface area contributed by atoms with Crippen LogP contribution >= 0.6 is 35.6 Å². The normalized spacial score (nSPS) is 15.2. The first-order valence-corrected chi connectivity index (χ1v) is 10.4. The molecule has 30 heavy (non-hydrogen) atoms. The molecule has 0 spiro atoms. The van der Waals surface area contributed by atoms with Gasteiger partial charge in [-0.05, 0) is 42.0 Å². The first-order valence-electron chi connectivity index (χ1n) is 8.84. The Hall–Kier alpha value is -2.87. The van der Waals surface area contributed by atoms with Crippen LogP contribution in [0.2, 0.25) is 5.02 Å². The van der Waals surface area contributed by atoms with E-state index in [0.717, 1.165) is 11.1 Å². The van der Waals surface area contributed by atoms with Gasteiger partial charge in [-0.15, -0.1) is 0 Å². The second-order valence-corrected chi connectivity index (χ2v) is 8.59. The van der Waals surface area contributed by atoms with Gasteiger partial charge >= 0.3 is 5.97 Å². The van der Waals surface area contributed by atoms with Crippen molar-refractivity contribution in [2.24, 2.45) is 0 Å². The minimum absolute atomic E-state index is 0.186. The van der Waals surface area contributed by atoms with Crippen LogP contribution in [0.4, 0.5) is 0 Å². The van der Waals surface area contributed by atoms with E-state index >= 15 is 0 Å². The SMILES string of the molecule is O=C(O)c1ccc(-c2ccc(/C=C3\SC(=S)N(Cc4cccc(Cl)c4)C3=O)o2)cc1. The van der Waals surface area contributed by atoms with Crippen molar-refractivity contribution in [1.82, 2.24) is 4.90 Å². The molecule has 1 aliphatic heterocycles. The molecular weight excluding hydrogens is 442 g/mol. The van der Waals surface area contributed by atoms with Crippen molar-refractivity contribution in [3.05, 3.63) is 87.5 Å². The summed E-state index contributed by atoms with van der Waals surface area (Å²) in [5, 5.41) is 9.60. The lowest BCUT2D eigenvalue weighted by molar-refractivity contribution is -0.122. The van der Waals surface area contributed by atoms with Crippen molar-refractivity contribution in [2.45, 2.75) is 6.54 Å². The minimum atomic E-state index is -0.985. The van der Waals surface area contributed by atoms with E-state index in [-0.39, 0.29) is 11.5 Å². The molecule has 1 amide bonds. The fourth-order valence-corrected chi connectivity index (χ4v) is 4.39. The Balaban J connectivity index is 1.52. The molecular formula is C22H14ClNO4S2. The summed E-state index contributed by atoms with van der Waals surface area (Å²) in [6.45, 7) is 0.349. The predicted molar refractivity (Wildman–Crippen MR) is 121 cm³/mol. The van der Waals surface area contributed by atoms with Crippen LogP contribution in [-0.2, 0) is 11.3 Å². The first kappa shape index (κ1) is 20.4. The second-order valence-electron chi connectivity index (χ2n) is 6.48. The molecule has 1 aromatic heterocycles. The molecule has 2 heterocycles. The van der Waals surface area contributed by atoms with Gasteiger partial charge in [0.05, 0.1) is 17.0 Å². The molecule has 0 saturated carbocycles. The highest BCUT2D eigenvalue weighted by atomic mass is 35.5. The van der Waals surface area contributed by atoms with Gasteiger partial charge in [0, 0.05) is 16.7 Å². The number of carbonyl (C=O) groups is 2. The molecule has 0 atom stereocenters. The standard InChI is InChI=1S/C22H14ClNO4S2/c23-16-3-1-2-13(10-16)12-24-20(25)19(30-22(24)29)11-17-8-9-18(28-17)14-4-6-15(7-5-14)21(26)27/h1-11H,12H2,(H,26,27)/b19-11-. The van der Waals surface area contributed by atoms with Gasteiger partial charge in [-0.2, -0.15) is 0 Å². The van der Waals surface area contributed by atoms with E-state index in [2.05, 4.69) is 0 Å². The molecule has 8 heteroatoms. The summed E-state index contributed by atoms with van der Waals surface area (Å²) >= 11 is 12.6. The largest absolute Gasteiger partial charge is 0.478 e. The average molecular weight is 456 g/mol. The Morgan fingerprint density at radius 1 is 1.17 bits per heavy atom. The lowest BCUT2D eigenvalue weighted by atomic mass is 10.1. The van der Waals surface area contributed by atoms with Crippen molar-refractivity contribution < 1.29 is 19.1 Å². The Bertz CT molecular complexity index is 1180. The maximum absolute atomic E-state index is 12.8. The minimum Gasteiger partial charge on any atom is -0.478 e. The van der Waals surface area contributed by atoms with Gasteiger partial charge in [-0.3, -0.25) is 9.69 Å². The van der Waals surface area contributed by atoms with E-state index in [4.69, 9.17) is 33.3 Å². The van der Waals surface area contributed by atoms with E-state index in [1.54, 1.807) is 42.5 Å². The van der Waals surface area contributed by atoms with Gasteiger partial charge in [0.1, 0.15) is 15.8 Å². The van der Waals surface area contributed by atoms with Crippen LogP contribution in [0.1, 0.15) is 21.7 Å². The van der Waals surface area contributed by atoms with Crippen LogP contribution < -0.4 is 0 Å². The van der Waals surface area contributed by atoms with E-state index < -0.39 is 5.97 Å². The Labute approximate surface area is 186 Å². The second kappa shape index (κ2) is 8.47. The third-order valence-corrected chi connectivity index (χ3v) is 6.03. The molecule has 2 aromatic carbocycles. The third-order valence-electron chi connectivity index (χ3n) is 4.42. The zero-order valence-corrected chi connectivity index (χ0v) is 17.8. The van der Waals surface area contributed by atoms with Crippen molar-refractivity contribution in [2.75, 3.05) is 0 Å². The Morgan fingerprint density at radius 2 is 1.93 bits per heavy atom. The zero-order chi connectivity index (χ0) is 21.3. The maximum atomic E-state index is 12.8. The number of rotatable bonds is 5. The monoisotopic (exact) mass is 455 g/mol. The quantitative estimate of drug-likeness (QED) is 0.393. The highest BCUT2D eigenvalue weighted by Gasteiger charge is 2.32. The molecule has 0 bridgehead atoms. The molecule has 4 rings (SSSR count). The third kappa shape index (κ3) is 4.33. The van der Waals surface area contributed by atoms with Crippen molar-refractivity contribution in [3.8, 4) is 11.3 Å². The number of thioether (sulfide) groups is 1. The smallest absolute Gasteiger partial charge is 0.335 e. The number of nitrogens with zero attached hydrogens (tertiary/aromatic N) is 1. The molecule has 1 aliphatic rings. The number of amides is 1. The molecule has 0 radical (unpaired) electrons. The number of carboxylic acid groups (broad SMARTS) is 1. The van der Waals surface area contributed by atoms with Gasteiger partial charge in [-0.25, -0.2) is 4.79 Å². The molecule has 1 fully saturated rings. The molecule has 1 N–H and O–H groups in total. The number of hydrogen-bond donors (Lipinski definition) is 1. The van der Waals surface area contributed by atoms with E-state index in [1.807, 2.05) is 12.1 Å². The molecule has 0 unspecified atom stereocenters. The summed E-state index contributed by atoms with van der Waals surface area (Å²) in [4.78, 5) is 25.8. The summed E-state index contributed by atoms with van der Waals surface area (Å²) in [6.07, 6.45) is 1.66. The fraction of sp³-hybridized carbons (Fsp3) is 0.0455. The topological polar surface area (TPSA) is 70.8 Å². The number of thiocarbonyl (C=S) groups is 1. The van der Waals surface area contributed by atoms with Crippen LogP contribution in [0, 0.1) is 0 Å². The number of aromatic carboxylic acids is 1. The highest BCUT2D eigenvalue weighted by molar-refractivity contribution is 8.26. The lowest BCUT2D eigenvalue weighted by Crippen LogP contribution is -2.27. The predicted octanol–water partition coefficient (Wildman–Crippen LogP) is 5.70. The Morgan fingerprint density at radius 3 is 2.63 bits per heavy atom. The molecule has 5 nitrogen and oxygen atoms in total. The summed E-state index contributed by atoms with van der Waals surface area (Å²) < 4.78 is 6.29. The van der Waals surface area contributed by atoms with Crippen LogP contribution in [-0.4, -0.2) is 26.2 Å². The van der Waals surface area contributed by atoms with E-state index in [9.17, 15) is 9.59 Å². The summed E-state index contributed by atoms with van der Waals surface area (Å²) in [7, 11) is 0. The Kier molecular flexibility index (Phi) is 5.76. The number of carboxylic acids is 1. The van der Waals surface area contributed by atoms with Gasteiger partial charge in [0.25, 0.3) is 5.91 Å². The van der Waals surface area contributed by atoms with Crippen LogP contribution in [0.3, 0.4) is 0 Å². The molecule has 3 aromatic rings. The van der Waals surface area contributed by atoms with Gasteiger partial charge in [0.2, 0.25) is 0 Å². The van der Waals surface area contributed by atoms with Gasteiger partial charge in [0.15, 0.2) is 0 Å². The first-order chi connectivity index (χ1) is 14.4. The highest BCUT2D eigenvalue weighted by Crippen LogP contribution is 2.34. The van der Waals surface area contributed by atoms with E-state index in [0.29, 0.717) is 32.3 Å². The fourth-order valence-electron chi connectivity index (χ4n) is 2.95. The number of hydrogen-bond acceptors (Lipinski definition) is 5. The molecule has 0 aliphatic carbocycles.